The van der Waals surface area contributed by atoms with Crippen LogP contribution >= 0.6 is 11.6 Å². The molecule has 4 N–H and O–H groups in total. The van der Waals surface area contributed by atoms with Gasteiger partial charge in [-0.1, -0.05) is 11.6 Å². The lowest BCUT2D eigenvalue weighted by Crippen LogP contribution is -2.58. The van der Waals surface area contributed by atoms with Crippen molar-refractivity contribution in [3.8, 4) is 0 Å². The molecule has 5 nitrogen and oxygen atoms in total. The lowest BCUT2D eigenvalue weighted by molar-refractivity contribution is 0.0999. The number of primary amides is 1. The highest BCUT2D eigenvalue weighted by Crippen LogP contribution is 2.35. The van der Waals surface area contributed by atoms with E-state index >= 15 is 0 Å². The van der Waals surface area contributed by atoms with E-state index in [1.165, 1.54) is 0 Å². The summed E-state index contributed by atoms with van der Waals surface area (Å²) in [4.78, 5) is 16.1. The molecule has 6 heteroatoms. The van der Waals surface area contributed by atoms with Crippen LogP contribution in [0.1, 0.15) is 24.2 Å². The molecule has 0 aromatic heterocycles. The Morgan fingerprint density at radius 1 is 1.35 bits per heavy atom. The predicted octanol–water partition coefficient (Wildman–Crippen LogP) is 1.55. The fourth-order valence-electron chi connectivity index (χ4n) is 2.56. The zero-order chi connectivity index (χ0) is 15.1. The van der Waals surface area contributed by atoms with E-state index in [0.717, 1.165) is 19.6 Å². The molecule has 0 atom stereocenters. The number of halogens is 1. The van der Waals surface area contributed by atoms with E-state index in [2.05, 4.69) is 30.7 Å². The summed E-state index contributed by atoms with van der Waals surface area (Å²) in [6.07, 6.45) is 0. The Hall–Kier alpha value is -1.46. The van der Waals surface area contributed by atoms with Crippen molar-refractivity contribution in [2.75, 3.05) is 37.3 Å². The molecular formula is C14H21ClN4O. The summed E-state index contributed by atoms with van der Waals surface area (Å²) in [6, 6.07) is 3.25. The highest BCUT2D eigenvalue weighted by Gasteiger charge is 2.33. The highest BCUT2D eigenvalue weighted by atomic mass is 35.5. The third-order valence-corrected chi connectivity index (χ3v) is 4.27. The molecule has 0 unspecified atom stereocenters. The molecule has 0 aliphatic carbocycles. The van der Waals surface area contributed by atoms with Crippen molar-refractivity contribution in [3.63, 3.8) is 0 Å². The van der Waals surface area contributed by atoms with Crippen LogP contribution in [0.4, 0.5) is 11.4 Å². The maximum atomic E-state index is 11.7. The van der Waals surface area contributed by atoms with Crippen molar-refractivity contribution in [3.05, 3.63) is 22.7 Å². The number of piperazine rings is 1. The van der Waals surface area contributed by atoms with Gasteiger partial charge in [-0.15, -0.1) is 0 Å². The van der Waals surface area contributed by atoms with Crippen LogP contribution in [0.2, 0.25) is 5.02 Å². The van der Waals surface area contributed by atoms with Gasteiger partial charge in [-0.3, -0.25) is 9.69 Å². The third kappa shape index (κ3) is 2.69. The van der Waals surface area contributed by atoms with Gasteiger partial charge in [0.1, 0.15) is 0 Å². The summed E-state index contributed by atoms with van der Waals surface area (Å²) >= 11 is 6.30. The van der Waals surface area contributed by atoms with Crippen LogP contribution in [0, 0.1) is 0 Å². The van der Waals surface area contributed by atoms with Gasteiger partial charge in [0.05, 0.1) is 16.3 Å². The van der Waals surface area contributed by atoms with Crippen LogP contribution in [0.15, 0.2) is 12.1 Å². The summed E-state index contributed by atoms with van der Waals surface area (Å²) in [7, 11) is 2.09. The topological polar surface area (TPSA) is 75.6 Å². The van der Waals surface area contributed by atoms with Gasteiger partial charge in [-0.05, 0) is 33.0 Å². The zero-order valence-electron chi connectivity index (χ0n) is 12.1. The Labute approximate surface area is 124 Å². The van der Waals surface area contributed by atoms with E-state index < -0.39 is 5.91 Å². The molecule has 1 aliphatic heterocycles. The van der Waals surface area contributed by atoms with Gasteiger partial charge < -0.3 is 16.4 Å². The lowest BCUT2D eigenvalue weighted by atomic mass is 9.98. The van der Waals surface area contributed by atoms with Crippen LogP contribution in [-0.2, 0) is 0 Å². The molecular weight excluding hydrogens is 276 g/mol. The highest BCUT2D eigenvalue weighted by molar-refractivity contribution is 6.34. The number of rotatable bonds is 2. The Bertz CT molecular complexity index is 544. The summed E-state index contributed by atoms with van der Waals surface area (Å²) in [6.45, 7) is 6.78. The fourth-order valence-corrected chi connectivity index (χ4v) is 2.91. The van der Waals surface area contributed by atoms with Crippen LogP contribution in [-0.4, -0.2) is 43.0 Å². The standard InChI is InChI=1S/C14H21ClN4O/c1-14(2)8-19(5-4-18(14)3)12-10(13(17)20)6-9(16)7-11(12)15/h6-7H,4-5,8,16H2,1-3H3,(H2,17,20). The summed E-state index contributed by atoms with van der Waals surface area (Å²) in [5.74, 6) is -0.508. The van der Waals surface area contributed by atoms with Crippen molar-refractivity contribution in [1.29, 1.82) is 0 Å². The van der Waals surface area contributed by atoms with E-state index in [4.69, 9.17) is 23.1 Å². The number of hydrogen-bond donors (Lipinski definition) is 2. The number of anilines is 2. The monoisotopic (exact) mass is 296 g/mol. The second-order valence-corrected chi connectivity index (χ2v) is 6.33. The quantitative estimate of drug-likeness (QED) is 0.812. The van der Waals surface area contributed by atoms with Gasteiger partial charge in [0, 0.05) is 30.9 Å². The van der Waals surface area contributed by atoms with E-state index in [1.54, 1.807) is 12.1 Å². The first-order chi connectivity index (χ1) is 9.22. The Balaban J connectivity index is 2.45. The summed E-state index contributed by atoms with van der Waals surface area (Å²) in [5.41, 5.74) is 12.7. The molecule has 1 amide bonds. The number of amides is 1. The number of nitrogens with two attached hydrogens (primary N) is 2. The molecule has 1 aromatic rings. The minimum absolute atomic E-state index is 0.00210. The fraction of sp³-hybridized carbons (Fsp3) is 0.500. The Morgan fingerprint density at radius 2 is 2.00 bits per heavy atom. The first-order valence-corrected chi connectivity index (χ1v) is 6.95. The normalized spacial score (nSPS) is 19.1. The van der Waals surface area contributed by atoms with Gasteiger partial charge in [0.2, 0.25) is 0 Å². The Morgan fingerprint density at radius 3 is 2.55 bits per heavy atom. The SMILES string of the molecule is CN1CCN(c2c(Cl)cc(N)cc2C(N)=O)CC1(C)C. The molecule has 0 radical (unpaired) electrons. The number of hydrogen-bond acceptors (Lipinski definition) is 4. The molecule has 2 rings (SSSR count). The maximum Gasteiger partial charge on any atom is 0.250 e. The molecule has 1 aliphatic rings. The van der Waals surface area contributed by atoms with Crippen molar-refractivity contribution in [2.24, 2.45) is 5.73 Å². The van der Waals surface area contributed by atoms with Crippen molar-refractivity contribution in [2.45, 2.75) is 19.4 Å². The van der Waals surface area contributed by atoms with Gasteiger partial charge >= 0.3 is 0 Å². The molecule has 0 saturated carbocycles. The molecule has 1 fully saturated rings. The van der Waals surface area contributed by atoms with Crippen molar-refractivity contribution >= 4 is 28.9 Å². The van der Waals surface area contributed by atoms with Crippen LogP contribution in [0.25, 0.3) is 0 Å². The van der Waals surface area contributed by atoms with Gasteiger partial charge in [-0.2, -0.15) is 0 Å². The smallest absolute Gasteiger partial charge is 0.250 e. The Kier molecular flexibility index (Phi) is 3.84. The lowest BCUT2D eigenvalue weighted by Gasteiger charge is -2.46. The minimum Gasteiger partial charge on any atom is -0.399 e. The third-order valence-electron chi connectivity index (χ3n) is 3.98. The molecule has 110 valence electrons. The predicted molar refractivity (Wildman–Crippen MR) is 83.3 cm³/mol. The number of carbonyl (C=O) groups excluding carboxylic acids is 1. The molecule has 0 bridgehead atoms. The zero-order valence-corrected chi connectivity index (χ0v) is 12.9. The maximum absolute atomic E-state index is 11.7. The number of carbonyl (C=O) groups is 1. The second kappa shape index (κ2) is 5.14. The van der Waals surface area contributed by atoms with E-state index in [-0.39, 0.29) is 5.54 Å². The average molecular weight is 297 g/mol. The number of likely N-dealkylation sites (N-methyl/N-ethyl adjacent to an activating group) is 1. The first kappa shape index (κ1) is 14.9. The largest absolute Gasteiger partial charge is 0.399 e. The number of nitrogens with zero attached hydrogens (tertiary/aromatic N) is 2. The van der Waals surface area contributed by atoms with E-state index in [1.807, 2.05) is 0 Å². The second-order valence-electron chi connectivity index (χ2n) is 5.92. The van der Waals surface area contributed by atoms with Gasteiger partial charge in [0.25, 0.3) is 5.91 Å². The summed E-state index contributed by atoms with van der Waals surface area (Å²) in [5, 5.41) is 0.471. The molecule has 20 heavy (non-hydrogen) atoms. The van der Waals surface area contributed by atoms with Crippen molar-refractivity contribution < 1.29 is 4.79 Å². The van der Waals surface area contributed by atoms with Gasteiger partial charge in [0.15, 0.2) is 0 Å². The first-order valence-electron chi connectivity index (χ1n) is 6.57. The van der Waals surface area contributed by atoms with E-state index in [9.17, 15) is 4.79 Å². The van der Waals surface area contributed by atoms with Crippen molar-refractivity contribution in [1.82, 2.24) is 4.90 Å². The number of nitrogen functional groups attached to an aromatic ring is 1. The van der Waals surface area contributed by atoms with Crippen LogP contribution in [0.5, 0.6) is 0 Å². The molecule has 1 aromatic carbocycles. The average Bonchev–Trinajstić information content (AvgIpc) is 2.31. The molecule has 1 heterocycles. The molecule has 1 saturated heterocycles. The van der Waals surface area contributed by atoms with Crippen LogP contribution in [0.3, 0.4) is 0 Å². The van der Waals surface area contributed by atoms with Gasteiger partial charge in [-0.25, -0.2) is 0 Å². The van der Waals surface area contributed by atoms with E-state index in [0.29, 0.717) is 22.0 Å². The van der Waals surface area contributed by atoms with Crippen LogP contribution < -0.4 is 16.4 Å². The summed E-state index contributed by atoms with van der Waals surface area (Å²) < 4.78 is 0. The minimum atomic E-state index is -0.508. The molecule has 0 spiro atoms. The number of benzene rings is 1.